The fourth-order valence-electron chi connectivity index (χ4n) is 2.29. The molecule has 130 valence electrons. The minimum atomic E-state index is -4.12. The molecule has 9 heteroatoms. The summed E-state index contributed by atoms with van der Waals surface area (Å²) in [5, 5.41) is 19.9. The lowest BCUT2D eigenvalue weighted by molar-refractivity contribution is -0.384. The second-order valence-corrected chi connectivity index (χ2v) is 7.56. The van der Waals surface area contributed by atoms with Crippen molar-refractivity contribution in [3.63, 3.8) is 0 Å². The molecule has 7 nitrogen and oxygen atoms in total. The second kappa shape index (κ2) is 7.61. The summed E-state index contributed by atoms with van der Waals surface area (Å²) >= 11 is 5.81. The van der Waals surface area contributed by atoms with E-state index in [1.54, 1.807) is 30.3 Å². The molecular formula is C16H14ClN3O4S. The Hall–Kier alpha value is -2.47. The molecule has 0 aliphatic heterocycles. The largest absolute Gasteiger partial charge is 0.289 e. The van der Waals surface area contributed by atoms with Crippen molar-refractivity contribution >= 4 is 27.3 Å². The van der Waals surface area contributed by atoms with Crippen LogP contribution in [0.3, 0.4) is 0 Å². The van der Waals surface area contributed by atoms with Gasteiger partial charge in [0.15, 0.2) is 0 Å². The maximum Gasteiger partial charge on any atom is 0.289 e. The molecule has 0 radical (unpaired) electrons. The van der Waals surface area contributed by atoms with Crippen LogP contribution in [0.25, 0.3) is 0 Å². The zero-order valence-electron chi connectivity index (χ0n) is 13.2. The van der Waals surface area contributed by atoms with E-state index in [9.17, 15) is 18.5 Å². The van der Waals surface area contributed by atoms with Crippen LogP contribution in [0, 0.1) is 28.4 Å². The maximum absolute atomic E-state index is 12.9. The monoisotopic (exact) mass is 379 g/mol. The molecule has 0 atom stereocenters. The molecule has 0 spiro atoms. The van der Waals surface area contributed by atoms with Gasteiger partial charge < -0.3 is 0 Å². The van der Waals surface area contributed by atoms with Gasteiger partial charge in [0.05, 0.1) is 15.9 Å². The van der Waals surface area contributed by atoms with Gasteiger partial charge in [0.2, 0.25) is 10.0 Å². The van der Waals surface area contributed by atoms with E-state index in [1.807, 2.05) is 6.07 Å². The van der Waals surface area contributed by atoms with Crippen LogP contribution in [0.15, 0.2) is 47.4 Å². The lowest BCUT2D eigenvalue weighted by atomic mass is 10.2. The first-order chi connectivity index (χ1) is 11.8. The Labute approximate surface area is 150 Å². The Morgan fingerprint density at radius 2 is 1.92 bits per heavy atom. The molecule has 2 aromatic rings. The molecule has 0 fully saturated rings. The summed E-state index contributed by atoms with van der Waals surface area (Å²) in [7, 11) is -4.12. The SMILES string of the molecule is Cc1cc(Cl)c([N+](=O)[O-])cc1S(=O)(=O)N(CC#N)Cc1ccccc1. The standard InChI is InChI=1S/C16H14ClN3O4S/c1-12-9-14(17)15(20(21)22)10-16(12)25(23,24)19(8-7-18)11-13-5-3-2-4-6-13/h2-6,9-10H,8,11H2,1H3. The average molecular weight is 380 g/mol. The van der Waals surface area contributed by atoms with Crippen molar-refractivity contribution in [2.24, 2.45) is 0 Å². The van der Waals surface area contributed by atoms with Crippen molar-refractivity contribution in [2.75, 3.05) is 6.54 Å². The van der Waals surface area contributed by atoms with Crippen molar-refractivity contribution < 1.29 is 13.3 Å². The van der Waals surface area contributed by atoms with Gasteiger partial charge in [-0.2, -0.15) is 9.57 Å². The molecule has 25 heavy (non-hydrogen) atoms. The van der Waals surface area contributed by atoms with Gasteiger partial charge >= 0.3 is 0 Å². The summed E-state index contributed by atoms with van der Waals surface area (Å²) in [5.74, 6) is 0. The smallest absolute Gasteiger partial charge is 0.258 e. The van der Waals surface area contributed by atoms with E-state index in [-0.39, 0.29) is 28.6 Å². The fourth-order valence-corrected chi connectivity index (χ4v) is 4.13. The van der Waals surface area contributed by atoms with Crippen LogP contribution in [0.2, 0.25) is 5.02 Å². The van der Waals surface area contributed by atoms with Gasteiger partial charge in [0.25, 0.3) is 5.69 Å². The summed E-state index contributed by atoms with van der Waals surface area (Å²) in [6.07, 6.45) is 0. The van der Waals surface area contributed by atoms with Crippen LogP contribution in [0.4, 0.5) is 5.69 Å². The Kier molecular flexibility index (Phi) is 5.74. The van der Waals surface area contributed by atoms with E-state index in [1.165, 1.54) is 13.0 Å². The minimum Gasteiger partial charge on any atom is -0.258 e. The average Bonchev–Trinajstić information content (AvgIpc) is 2.54. The van der Waals surface area contributed by atoms with Crippen LogP contribution in [-0.4, -0.2) is 24.2 Å². The number of nitrogens with zero attached hydrogens (tertiary/aromatic N) is 3. The quantitative estimate of drug-likeness (QED) is 0.435. The van der Waals surface area contributed by atoms with Crippen LogP contribution >= 0.6 is 11.6 Å². The van der Waals surface area contributed by atoms with Crippen molar-refractivity contribution in [3.05, 3.63) is 68.7 Å². The first kappa shape index (κ1) is 18.9. The summed E-state index contributed by atoms with van der Waals surface area (Å²) in [6, 6.07) is 12.8. The molecule has 0 amide bonds. The van der Waals surface area contributed by atoms with E-state index in [0.717, 1.165) is 10.4 Å². The van der Waals surface area contributed by atoms with Crippen molar-refractivity contribution in [1.82, 2.24) is 4.31 Å². The number of sulfonamides is 1. The Morgan fingerprint density at radius 1 is 1.28 bits per heavy atom. The number of hydrogen-bond donors (Lipinski definition) is 0. The number of nitro groups is 1. The predicted molar refractivity (Wildman–Crippen MR) is 92.5 cm³/mol. The molecule has 2 rings (SSSR count). The lowest BCUT2D eigenvalue weighted by Crippen LogP contribution is -2.31. The highest BCUT2D eigenvalue weighted by atomic mass is 35.5. The number of aryl methyl sites for hydroxylation is 1. The molecule has 0 saturated heterocycles. The van der Waals surface area contributed by atoms with Crippen molar-refractivity contribution in [3.8, 4) is 6.07 Å². The summed E-state index contributed by atoms with van der Waals surface area (Å²) in [6.45, 7) is 1.09. The topological polar surface area (TPSA) is 104 Å². The summed E-state index contributed by atoms with van der Waals surface area (Å²) in [5.41, 5.74) is 0.469. The van der Waals surface area contributed by atoms with E-state index in [2.05, 4.69) is 0 Å². The normalized spacial score (nSPS) is 11.3. The zero-order chi connectivity index (χ0) is 18.6. The van der Waals surface area contributed by atoms with E-state index < -0.39 is 20.6 Å². The molecule has 0 heterocycles. The summed E-state index contributed by atoms with van der Waals surface area (Å²) < 4.78 is 26.9. The molecular weight excluding hydrogens is 366 g/mol. The van der Waals surface area contributed by atoms with E-state index >= 15 is 0 Å². The Balaban J connectivity index is 2.52. The van der Waals surface area contributed by atoms with Crippen LogP contribution in [0.5, 0.6) is 0 Å². The van der Waals surface area contributed by atoms with Crippen LogP contribution in [-0.2, 0) is 16.6 Å². The zero-order valence-corrected chi connectivity index (χ0v) is 14.8. The number of nitriles is 1. The van der Waals surface area contributed by atoms with Crippen LogP contribution < -0.4 is 0 Å². The van der Waals surface area contributed by atoms with Gasteiger partial charge in [-0.15, -0.1) is 0 Å². The second-order valence-electron chi connectivity index (χ2n) is 5.24. The Morgan fingerprint density at radius 3 is 2.48 bits per heavy atom. The van der Waals surface area contributed by atoms with Gasteiger partial charge in [0.1, 0.15) is 11.6 Å². The molecule has 0 N–H and O–H groups in total. The third-order valence-corrected chi connectivity index (χ3v) is 5.74. The molecule has 0 aliphatic rings. The van der Waals surface area contributed by atoms with Gasteiger partial charge in [-0.1, -0.05) is 41.9 Å². The highest BCUT2D eigenvalue weighted by molar-refractivity contribution is 7.89. The molecule has 0 saturated carbocycles. The van der Waals surface area contributed by atoms with Gasteiger partial charge in [-0.25, -0.2) is 8.42 Å². The highest BCUT2D eigenvalue weighted by Gasteiger charge is 2.29. The number of benzene rings is 2. The highest BCUT2D eigenvalue weighted by Crippen LogP contribution is 2.32. The first-order valence-electron chi connectivity index (χ1n) is 7.13. The lowest BCUT2D eigenvalue weighted by Gasteiger charge is -2.20. The predicted octanol–water partition coefficient (Wildman–Crippen LogP) is 3.27. The first-order valence-corrected chi connectivity index (χ1v) is 8.94. The number of rotatable bonds is 6. The van der Waals surface area contributed by atoms with Gasteiger partial charge in [-0.3, -0.25) is 10.1 Å². The number of nitro benzene ring substituents is 1. The summed E-state index contributed by atoms with van der Waals surface area (Å²) in [4.78, 5) is 10.1. The van der Waals surface area contributed by atoms with E-state index in [0.29, 0.717) is 5.56 Å². The molecule has 2 aromatic carbocycles. The van der Waals surface area contributed by atoms with Crippen molar-refractivity contribution in [2.45, 2.75) is 18.4 Å². The molecule has 0 aromatic heterocycles. The molecule has 0 unspecified atom stereocenters. The maximum atomic E-state index is 12.9. The minimum absolute atomic E-state index is 0.0212. The fraction of sp³-hybridized carbons (Fsp3) is 0.188. The third-order valence-electron chi connectivity index (χ3n) is 3.51. The van der Waals surface area contributed by atoms with Crippen molar-refractivity contribution in [1.29, 1.82) is 5.26 Å². The molecule has 0 bridgehead atoms. The Bertz CT molecular complexity index is 940. The van der Waals surface area contributed by atoms with Gasteiger partial charge in [-0.05, 0) is 24.1 Å². The number of hydrogen-bond acceptors (Lipinski definition) is 5. The number of halogens is 1. The third kappa shape index (κ3) is 4.14. The van der Waals surface area contributed by atoms with E-state index in [4.69, 9.17) is 16.9 Å². The molecule has 0 aliphatic carbocycles. The van der Waals surface area contributed by atoms with Crippen LogP contribution in [0.1, 0.15) is 11.1 Å². The van der Waals surface area contributed by atoms with Gasteiger partial charge in [0, 0.05) is 12.6 Å².